The smallest absolute Gasteiger partial charge is 0.118 e. The van der Waals surface area contributed by atoms with Crippen LogP contribution in [0.5, 0.6) is 11.5 Å². The summed E-state index contributed by atoms with van der Waals surface area (Å²) in [6.07, 6.45) is 6.97. The lowest BCUT2D eigenvalue weighted by Gasteiger charge is -2.46. The molecule has 0 aromatic heterocycles. The van der Waals surface area contributed by atoms with E-state index in [-0.39, 0.29) is 0 Å². The molecule has 1 heterocycles. The van der Waals surface area contributed by atoms with Gasteiger partial charge in [0, 0.05) is 12.8 Å². The molecule has 158 valence electrons. The number of hydrogen-bond donors (Lipinski definition) is 1. The van der Waals surface area contributed by atoms with Gasteiger partial charge in [0.15, 0.2) is 0 Å². The summed E-state index contributed by atoms with van der Waals surface area (Å²) in [5.41, 5.74) is 9.15. The molecule has 2 aromatic rings. The van der Waals surface area contributed by atoms with Gasteiger partial charge in [-0.3, -0.25) is 0 Å². The van der Waals surface area contributed by atoms with E-state index in [1.807, 2.05) is 0 Å². The summed E-state index contributed by atoms with van der Waals surface area (Å²) in [6, 6.07) is 18.0. The average molecular weight is 398 g/mol. The number of nitrogens with two attached hydrogens (primary N) is 1. The Morgan fingerprint density at radius 1 is 0.897 bits per heavy atom. The Hall–Kier alpha value is -2.04. The lowest BCUT2D eigenvalue weighted by molar-refractivity contribution is -0.939. The highest BCUT2D eigenvalue weighted by Crippen LogP contribution is 2.27. The number of likely N-dealkylation sites (tertiary alicyclic amines) is 1. The second-order valence-corrected chi connectivity index (χ2v) is 8.72. The highest BCUT2D eigenvalue weighted by Gasteiger charge is 2.36. The van der Waals surface area contributed by atoms with Crippen LogP contribution in [0.2, 0.25) is 0 Å². The van der Waals surface area contributed by atoms with E-state index in [4.69, 9.17) is 15.2 Å². The number of piperidine rings is 1. The standard InChI is InChI=1S/C25H37N2O2/c1-27(18-4-5-22(26)19-27)23(12-6-20-8-14-24(28-2)15-9-20)13-7-21-10-16-25(29-3)17-11-21/h8-11,14-17,22-23H,4-7,12-13,18-19,26H2,1-3H3/q+1/t22?,27-/m0/s1. The van der Waals surface area contributed by atoms with Crippen molar-refractivity contribution in [3.05, 3.63) is 59.7 Å². The number of rotatable bonds is 9. The number of methoxy groups -OCH3 is 2. The number of quaternary nitrogens is 1. The van der Waals surface area contributed by atoms with E-state index in [1.165, 1.54) is 36.9 Å². The van der Waals surface area contributed by atoms with Gasteiger partial charge in [-0.1, -0.05) is 24.3 Å². The molecule has 1 aliphatic heterocycles. The van der Waals surface area contributed by atoms with Gasteiger partial charge in [-0.15, -0.1) is 0 Å². The molecule has 0 radical (unpaired) electrons. The minimum Gasteiger partial charge on any atom is -0.497 e. The van der Waals surface area contributed by atoms with Gasteiger partial charge in [0.2, 0.25) is 0 Å². The zero-order chi connectivity index (χ0) is 20.7. The molecule has 0 saturated carbocycles. The minimum absolute atomic E-state index is 0.332. The fraction of sp³-hybridized carbons (Fsp3) is 0.520. The van der Waals surface area contributed by atoms with Crippen molar-refractivity contribution in [1.82, 2.24) is 0 Å². The third-order valence-corrected chi connectivity index (χ3v) is 6.63. The van der Waals surface area contributed by atoms with Crippen molar-refractivity contribution in [2.45, 2.75) is 50.6 Å². The van der Waals surface area contributed by atoms with Gasteiger partial charge in [0.05, 0.1) is 46.4 Å². The monoisotopic (exact) mass is 397 g/mol. The summed E-state index contributed by atoms with van der Waals surface area (Å²) in [5.74, 6) is 1.84. The molecule has 0 bridgehead atoms. The second-order valence-electron chi connectivity index (χ2n) is 8.72. The Morgan fingerprint density at radius 2 is 1.38 bits per heavy atom. The van der Waals surface area contributed by atoms with E-state index >= 15 is 0 Å². The SMILES string of the molecule is COc1ccc(CCC(CCc2ccc(OC)cc2)[N@@+]2(C)CCCC(N)C2)cc1. The van der Waals surface area contributed by atoms with Crippen LogP contribution < -0.4 is 15.2 Å². The molecular formula is C25H37N2O2+. The third kappa shape index (κ3) is 5.97. The number of likely N-dealkylation sites (N-methyl/N-ethyl adjacent to an activating group) is 1. The number of aryl methyl sites for hydroxylation is 2. The molecule has 4 heteroatoms. The molecule has 0 spiro atoms. The predicted molar refractivity (Wildman–Crippen MR) is 120 cm³/mol. The molecule has 4 nitrogen and oxygen atoms in total. The highest BCUT2D eigenvalue weighted by atomic mass is 16.5. The van der Waals surface area contributed by atoms with E-state index in [0.717, 1.165) is 41.8 Å². The molecule has 2 aromatic carbocycles. The fourth-order valence-electron chi connectivity index (χ4n) is 4.78. The number of hydrogen-bond acceptors (Lipinski definition) is 3. The van der Waals surface area contributed by atoms with Crippen LogP contribution in [0.25, 0.3) is 0 Å². The summed E-state index contributed by atoms with van der Waals surface area (Å²) in [6.45, 7) is 2.33. The highest BCUT2D eigenvalue weighted by molar-refractivity contribution is 5.28. The van der Waals surface area contributed by atoms with Crippen molar-refractivity contribution < 1.29 is 14.0 Å². The average Bonchev–Trinajstić information content (AvgIpc) is 2.74. The molecule has 0 amide bonds. The van der Waals surface area contributed by atoms with Crippen LogP contribution in [0.4, 0.5) is 0 Å². The summed E-state index contributed by atoms with van der Waals surface area (Å²) in [5, 5.41) is 0. The van der Waals surface area contributed by atoms with Gasteiger partial charge < -0.3 is 19.7 Å². The van der Waals surface area contributed by atoms with Crippen molar-refractivity contribution in [1.29, 1.82) is 0 Å². The number of ether oxygens (including phenoxy) is 2. The van der Waals surface area contributed by atoms with Gasteiger partial charge in [-0.25, -0.2) is 0 Å². The zero-order valence-corrected chi connectivity index (χ0v) is 18.3. The molecule has 1 unspecified atom stereocenters. The molecule has 2 atom stereocenters. The van der Waals surface area contributed by atoms with Crippen molar-refractivity contribution in [2.24, 2.45) is 5.73 Å². The van der Waals surface area contributed by atoms with E-state index in [0.29, 0.717) is 12.1 Å². The van der Waals surface area contributed by atoms with Gasteiger partial charge in [-0.2, -0.15) is 0 Å². The van der Waals surface area contributed by atoms with Crippen LogP contribution in [0.1, 0.15) is 36.8 Å². The predicted octanol–water partition coefficient (Wildman–Crippen LogP) is 4.21. The van der Waals surface area contributed by atoms with E-state index in [1.54, 1.807) is 14.2 Å². The summed E-state index contributed by atoms with van der Waals surface area (Å²) < 4.78 is 11.7. The van der Waals surface area contributed by atoms with Gasteiger partial charge >= 0.3 is 0 Å². The van der Waals surface area contributed by atoms with E-state index in [2.05, 4.69) is 55.6 Å². The first kappa shape index (κ1) is 21.7. The maximum Gasteiger partial charge on any atom is 0.118 e. The summed E-state index contributed by atoms with van der Waals surface area (Å²) >= 11 is 0. The summed E-state index contributed by atoms with van der Waals surface area (Å²) in [4.78, 5) is 0. The topological polar surface area (TPSA) is 44.5 Å². The van der Waals surface area contributed by atoms with Crippen LogP contribution in [-0.4, -0.2) is 50.9 Å². The molecular weight excluding hydrogens is 360 g/mol. The third-order valence-electron chi connectivity index (χ3n) is 6.63. The van der Waals surface area contributed by atoms with Crippen molar-refractivity contribution in [2.75, 3.05) is 34.4 Å². The first-order chi connectivity index (χ1) is 14.0. The molecule has 3 rings (SSSR count). The number of benzene rings is 2. The molecule has 0 aliphatic carbocycles. The molecule has 1 aliphatic rings. The molecule has 1 saturated heterocycles. The van der Waals surface area contributed by atoms with Crippen LogP contribution in [-0.2, 0) is 12.8 Å². The Bertz CT molecular complexity index is 693. The molecule has 2 N–H and O–H groups in total. The van der Waals surface area contributed by atoms with Gasteiger partial charge in [-0.05, 0) is 61.1 Å². The Morgan fingerprint density at radius 3 is 1.79 bits per heavy atom. The minimum atomic E-state index is 0.332. The quantitative estimate of drug-likeness (QED) is 0.645. The van der Waals surface area contributed by atoms with Crippen LogP contribution in [0, 0.1) is 0 Å². The maximum absolute atomic E-state index is 6.38. The first-order valence-electron chi connectivity index (χ1n) is 10.9. The first-order valence-corrected chi connectivity index (χ1v) is 10.9. The molecule has 1 fully saturated rings. The van der Waals surface area contributed by atoms with Crippen molar-refractivity contribution >= 4 is 0 Å². The lowest BCUT2D eigenvalue weighted by Crippen LogP contribution is -2.60. The normalized spacial score (nSPS) is 21.9. The van der Waals surface area contributed by atoms with Crippen molar-refractivity contribution in [3.8, 4) is 11.5 Å². The van der Waals surface area contributed by atoms with Gasteiger partial charge in [0.1, 0.15) is 11.5 Å². The largest absolute Gasteiger partial charge is 0.497 e. The maximum atomic E-state index is 6.38. The van der Waals surface area contributed by atoms with Gasteiger partial charge in [0.25, 0.3) is 0 Å². The Labute approximate surface area is 176 Å². The van der Waals surface area contributed by atoms with Crippen LogP contribution in [0.3, 0.4) is 0 Å². The fourth-order valence-corrected chi connectivity index (χ4v) is 4.78. The zero-order valence-electron chi connectivity index (χ0n) is 18.3. The van der Waals surface area contributed by atoms with E-state index in [9.17, 15) is 0 Å². The second kappa shape index (κ2) is 10.1. The number of nitrogens with zero attached hydrogens (tertiary/aromatic N) is 1. The van der Waals surface area contributed by atoms with E-state index < -0.39 is 0 Å². The Balaban J connectivity index is 1.67. The summed E-state index contributed by atoms with van der Waals surface area (Å²) in [7, 11) is 5.86. The molecule has 29 heavy (non-hydrogen) atoms. The van der Waals surface area contributed by atoms with Crippen LogP contribution >= 0.6 is 0 Å². The lowest BCUT2D eigenvalue weighted by atomic mass is 9.92. The van der Waals surface area contributed by atoms with Crippen molar-refractivity contribution in [3.63, 3.8) is 0 Å². The Kier molecular flexibility index (Phi) is 7.57. The van der Waals surface area contributed by atoms with Crippen LogP contribution in [0.15, 0.2) is 48.5 Å².